The summed E-state index contributed by atoms with van der Waals surface area (Å²) in [5.41, 5.74) is 2.47. The highest BCUT2D eigenvalue weighted by Crippen LogP contribution is 2.23. The Morgan fingerprint density at radius 3 is 1.62 bits per heavy atom. The summed E-state index contributed by atoms with van der Waals surface area (Å²) < 4.78 is 21.6. The lowest BCUT2D eigenvalue weighted by Gasteiger charge is -2.42. The number of carbonyl (C=O) groups excluding carboxylic acids is 2. The summed E-state index contributed by atoms with van der Waals surface area (Å²) >= 11 is 0. The maximum Gasteiger partial charge on any atom is 0.343 e. The molecular formula is C29H40BrNO6. The topological polar surface area (TPSA) is 71.1 Å². The average Bonchev–Trinajstić information content (AvgIpc) is 2.91. The van der Waals surface area contributed by atoms with Crippen molar-refractivity contribution in [2.45, 2.75) is 44.9 Å². The molecule has 0 atom stereocenters. The van der Waals surface area contributed by atoms with Crippen LogP contribution in [0.2, 0.25) is 0 Å². The Kier molecular flexibility index (Phi) is 13.5. The summed E-state index contributed by atoms with van der Waals surface area (Å²) in [6.45, 7) is 4.72. The molecule has 0 unspecified atom stereocenters. The molecule has 0 amide bonds. The maximum absolute atomic E-state index is 11.3. The molecule has 1 aliphatic heterocycles. The van der Waals surface area contributed by atoms with Gasteiger partial charge in [0.1, 0.15) is 11.5 Å². The van der Waals surface area contributed by atoms with Gasteiger partial charge in [-0.1, -0.05) is 24.3 Å². The minimum Gasteiger partial charge on any atom is -1.00 e. The molecule has 7 nitrogen and oxygen atoms in total. The van der Waals surface area contributed by atoms with Crippen LogP contribution in [0, 0.1) is 0 Å². The first-order valence-corrected chi connectivity index (χ1v) is 12.9. The van der Waals surface area contributed by atoms with Crippen molar-refractivity contribution in [3.63, 3.8) is 0 Å². The van der Waals surface area contributed by atoms with Gasteiger partial charge in [-0.15, -0.1) is 0 Å². The van der Waals surface area contributed by atoms with Crippen LogP contribution in [0.1, 0.15) is 43.2 Å². The fourth-order valence-electron chi connectivity index (χ4n) is 4.96. The molecule has 37 heavy (non-hydrogen) atoms. The van der Waals surface area contributed by atoms with Gasteiger partial charge in [0.15, 0.2) is 13.2 Å². The molecule has 2 aromatic carbocycles. The molecule has 0 aliphatic carbocycles. The van der Waals surface area contributed by atoms with Gasteiger partial charge in [-0.3, -0.25) is 0 Å². The largest absolute Gasteiger partial charge is 1.00 e. The third-order valence-corrected chi connectivity index (χ3v) is 6.93. The number of benzene rings is 2. The van der Waals surface area contributed by atoms with Crippen LogP contribution in [-0.4, -0.2) is 70.0 Å². The van der Waals surface area contributed by atoms with Crippen molar-refractivity contribution >= 4 is 11.9 Å². The Morgan fingerprint density at radius 1 is 0.730 bits per heavy atom. The van der Waals surface area contributed by atoms with Crippen molar-refractivity contribution in [2.24, 2.45) is 0 Å². The Balaban J connectivity index is 0.00000481. The third-order valence-electron chi connectivity index (χ3n) is 6.93. The fraction of sp³-hybridized carbons (Fsp3) is 0.517. The van der Waals surface area contributed by atoms with Gasteiger partial charge in [-0.2, -0.15) is 0 Å². The molecule has 0 aromatic heterocycles. The highest BCUT2D eigenvalue weighted by Gasteiger charge is 2.28. The fourth-order valence-corrected chi connectivity index (χ4v) is 4.96. The van der Waals surface area contributed by atoms with Gasteiger partial charge >= 0.3 is 11.9 Å². The normalized spacial score (nSPS) is 14.2. The van der Waals surface area contributed by atoms with Crippen molar-refractivity contribution < 1.29 is 50.0 Å². The third kappa shape index (κ3) is 10.7. The summed E-state index contributed by atoms with van der Waals surface area (Å²) in [6, 6.07) is 16.0. The average molecular weight is 579 g/mol. The van der Waals surface area contributed by atoms with E-state index in [1.54, 1.807) is 0 Å². The first-order chi connectivity index (χ1) is 17.5. The molecule has 204 valence electrons. The van der Waals surface area contributed by atoms with Gasteiger partial charge < -0.3 is 40.4 Å². The molecule has 1 heterocycles. The van der Waals surface area contributed by atoms with Crippen LogP contribution in [0.3, 0.4) is 0 Å². The Morgan fingerprint density at radius 2 is 1.19 bits per heavy atom. The SMILES string of the molecule is COC(=O)COc1cccc(CCC[N+]2(CCCc3cccc(OCC(=O)OC)c3)CCCCC2)c1.[Br-]. The first kappa shape index (κ1) is 30.6. The Bertz CT molecular complexity index is 905. The van der Waals surface area contributed by atoms with Crippen LogP contribution in [0.4, 0.5) is 0 Å². The lowest BCUT2D eigenvalue weighted by molar-refractivity contribution is -0.932. The van der Waals surface area contributed by atoms with Crippen LogP contribution in [0.5, 0.6) is 11.5 Å². The van der Waals surface area contributed by atoms with Crippen LogP contribution in [0.15, 0.2) is 48.5 Å². The zero-order chi connectivity index (χ0) is 25.6. The van der Waals surface area contributed by atoms with E-state index >= 15 is 0 Å². The number of methoxy groups -OCH3 is 2. The number of esters is 2. The lowest BCUT2D eigenvalue weighted by atomic mass is 10.0. The van der Waals surface area contributed by atoms with Gasteiger partial charge in [0, 0.05) is 12.8 Å². The highest BCUT2D eigenvalue weighted by atomic mass is 79.9. The minimum atomic E-state index is -0.377. The highest BCUT2D eigenvalue weighted by molar-refractivity contribution is 5.71. The summed E-state index contributed by atoms with van der Waals surface area (Å²) in [6.07, 6.45) is 8.17. The van der Waals surface area contributed by atoms with Gasteiger partial charge in [0.25, 0.3) is 0 Å². The second-order valence-corrected chi connectivity index (χ2v) is 9.53. The van der Waals surface area contributed by atoms with Gasteiger partial charge in [0.05, 0.1) is 40.4 Å². The smallest absolute Gasteiger partial charge is 0.343 e. The molecular weight excluding hydrogens is 538 g/mol. The second kappa shape index (κ2) is 16.3. The molecule has 0 N–H and O–H groups in total. The first-order valence-electron chi connectivity index (χ1n) is 12.9. The molecule has 1 fully saturated rings. The lowest BCUT2D eigenvalue weighted by Crippen LogP contribution is -3.00. The molecule has 3 rings (SSSR count). The predicted molar refractivity (Wildman–Crippen MR) is 138 cm³/mol. The van der Waals surface area contributed by atoms with E-state index in [4.69, 9.17) is 9.47 Å². The number of aryl methyl sites for hydroxylation is 2. The molecule has 1 saturated heterocycles. The van der Waals surface area contributed by atoms with Crippen molar-refractivity contribution in [3.05, 3.63) is 59.7 Å². The van der Waals surface area contributed by atoms with E-state index in [-0.39, 0.29) is 42.1 Å². The summed E-state index contributed by atoms with van der Waals surface area (Å²) in [5, 5.41) is 0. The van der Waals surface area contributed by atoms with Crippen LogP contribution in [0.25, 0.3) is 0 Å². The number of likely N-dealkylation sites (tertiary alicyclic amines) is 1. The van der Waals surface area contributed by atoms with E-state index in [9.17, 15) is 9.59 Å². The van der Waals surface area contributed by atoms with Gasteiger partial charge in [-0.05, 0) is 67.5 Å². The molecule has 0 bridgehead atoms. The summed E-state index contributed by atoms with van der Waals surface area (Å²) in [5.74, 6) is 0.657. The monoisotopic (exact) mass is 577 g/mol. The zero-order valence-electron chi connectivity index (χ0n) is 22.1. The van der Waals surface area contributed by atoms with E-state index < -0.39 is 0 Å². The van der Waals surface area contributed by atoms with Gasteiger partial charge in [0.2, 0.25) is 0 Å². The molecule has 0 saturated carbocycles. The second-order valence-electron chi connectivity index (χ2n) is 9.53. The van der Waals surface area contributed by atoms with Crippen LogP contribution >= 0.6 is 0 Å². The van der Waals surface area contributed by atoms with E-state index in [1.165, 1.54) is 75.3 Å². The number of rotatable bonds is 14. The standard InChI is InChI=1S/C29H40NO6.BrH/c1-33-28(31)22-35-26-14-6-10-24(20-26)12-8-18-30(16-4-3-5-17-30)19-9-13-25-11-7-15-27(21-25)36-23-29(32)34-2;/h6-7,10-11,14-15,20-21H,3-5,8-9,12-13,16-19,22-23H2,1-2H3;1H/q+1;/p-1. The van der Waals surface area contributed by atoms with Gasteiger partial charge in [-0.25, -0.2) is 9.59 Å². The number of nitrogens with zero attached hydrogens (tertiary/aromatic N) is 1. The van der Waals surface area contributed by atoms with Crippen LogP contribution in [-0.2, 0) is 31.9 Å². The number of halogens is 1. The number of ether oxygens (including phenoxy) is 4. The van der Waals surface area contributed by atoms with Crippen molar-refractivity contribution in [1.29, 1.82) is 0 Å². The van der Waals surface area contributed by atoms with Crippen molar-refractivity contribution in [2.75, 3.05) is 53.6 Å². The molecule has 2 aromatic rings. The van der Waals surface area contributed by atoms with E-state index in [1.807, 2.05) is 36.4 Å². The number of piperidine rings is 1. The predicted octanol–water partition coefficient (Wildman–Crippen LogP) is 1.36. The maximum atomic E-state index is 11.3. The van der Waals surface area contributed by atoms with E-state index in [2.05, 4.69) is 21.6 Å². The number of hydrogen-bond acceptors (Lipinski definition) is 6. The Hall–Kier alpha value is -2.58. The summed E-state index contributed by atoms with van der Waals surface area (Å²) in [7, 11) is 2.72. The number of quaternary nitrogens is 1. The summed E-state index contributed by atoms with van der Waals surface area (Å²) in [4.78, 5) is 22.7. The molecule has 0 radical (unpaired) electrons. The van der Waals surface area contributed by atoms with E-state index in [0.29, 0.717) is 11.5 Å². The quantitative estimate of drug-likeness (QED) is 0.249. The zero-order valence-corrected chi connectivity index (χ0v) is 23.7. The molecule has 1 aliphatic rings. The van der Waals surface area contributed by atoms with Crippen molar-refractivity contribution in [3.8, 4) is 11.5 Å². The Labute approximate surface area is 231 Å². The number of carbonyl (C=O) groups is 2. The van der Waals surface area contributed by atoms with E-state index in [0.717, 1.165) is 25.7 Å². The van der Waals surface area contributed by atoms with Crippen LogP contribution < -0.4 is 26.5 Å². The minimum absolute atomic E-state index is 0. The molecule has 0 spiro atoms. The molecule has 8 heteroatoms. The van der Waals surface area contributed by atoms with Crippen molar-refractivity contribution in [1.82, 2.24) is 0 Å². The number of hydrogen-bond donors (Lipinski definition) is 0.